The minimum atomic E-state index is -0.344. The number of hydrogen-bond donors (Lipinski definition) is 1. The zero-order chi connectivity index (χ0) is 11.8. The third-order valence-corrected chi connectivity index (χ3v) is 5.08. The molecule has 2 aliphatic rings. The van der Waals surface area contributed by atoms with E-state index in [0.29, 0.717) is 5.41 Å². The summed E-state index contributed by atoms with van der Waals surface area (Å²) in [5, 5.41) is 1.11. The highest BCUT2D eigenvalue weighted by Gasteiger charge is 2.44. The third-order valence-electron chi connectivity index (χ3n) is 4.16. The summed E-state index contributed by atoms with van der Waals surface area (Å²) in [6.45, 7) is 3.63. The second-order valence-electron chi connectivity index (χ2n) is 5.56. The standard InChI is InChI=1S/C12H21BrN2O/c1-9(14)11(16)15-5-4-12(8-15)3-2-10(6-12)7-13/h9-10H,2-8,14H2,1H3/t9-,10-,12-/m0/s1. The van der Waals surface area contributed by atoms with Gasteiger partial charge >= 0.3 is 0 Å². The summed E-state index contributed by atoms with van der Waals surface area (Å²) < 4.78 is 0. The molecule has 3 nitrogen and oxygen atoms in total. The highest BCUT2D eigenvalue weighted by atomic mass is 79.9. The van der Waals surface area contributed by atoms with Crippen LogP contribution in [0.5, 0.6) is 0 Å². The largest absolute Gasteiger partial charge is 0.341 e. The molecule has 0 unspecified atom stereocenters. The van der Waals surface area contributed by atoms with Crippen LogP contribution in [0.1, 0.15) is 32.6 Å². The van der Waals surface area contributed by atoms with Crippen LogP contribution in [-0.4, -0.2) is 35.3 Å². The lowest BCUT2D eigenvalue weighted by atomic mass is 9.85. The third kappa shape index (κ3) is 2.28. The van der Waals surface area contributed by atoms with Crippen molar-refractivity contribution in [3.05, 3.63) is 0 Å². The van der Waals surface area contributed by atoms with Crippen molar-refractivity contribution in [3.8, 4) is 0 Å². The van der Waals surface area contributed by atoms with Crippen molar-refractivity contribution in [2.45, 2.75) is 38.6 Å². The zero-order valence-corrected chi connectivity index (χ0v) is 11.5. The maximum Gasteiger partial charge on any atom is 0.239 e. The fourth-order valence-corrected chi connectivity index (χ4v) is 3.79. The fraction of sp³-hybridized carbons (Fsp3) is 0.917. The molecule has 4 heteroatoms. The van der Waals surface area contributed by atoms with Crippen LogP contribution in [0.3, 0.4) is 0 Å². The number of amides is 1. The van der Waals surface area contributed by atoms with Gasteiger partial charge in [0.2, 0.25) is 5.91 Å². The predicted octanol–water partition coefficient (Wildman–Crippen LogP) is 1.75. The summed E-state index contributed by atoms with van der Waals surface area (Å²) in [4.78, 5) is 13.8. The first-order valence-electron chi connectivity index (χ1n) is 6.17. The van der Waals surface area contributed by atoms with Gasteiger partial charge in [0.1, 0.15) is 0 Å². The SMILES string of the molecule is C[C@H](N)C(=O)N1CC[C@]2(CC[C@H](CBr)C2)C1. The summed E-state index contributed by atoms with van der Waals surface area (Å²) in [5.74, 6) is 0.935. The number of nitrogens with two attached hydrogens (primary N) is 1. The van der Waals surface area contributed by atoms with Crippen LogP contribution in [0.2, 0.25) is 0 Å². The summed E-state index contributed by atoms with van der Waals surface area (Å²) in [5.41, 5.74) is 6.08. The van der Waals surface area contributed by atoms with Crippen molar-refractivity contribution in [3.63, 3.8) is 0 Å². The Morgan fingerprint density at radius 2 is 2.38 bits per heavy atom. The fourth-order valence-electron chi connectivity index (χ4n) is 3.24. The van der Waals surface area contributed by atoms with Gasteiger partial charge in [-0.15, -0.1) is 0 Å². The predicted molar refractivity (Wildman–Crippen MR) is 68.4 cm³/mol. The minimum Gasteiger partial charge on any atom is -0.341 e. The first kappa shape index (κ1) is 12.4. The molecule has 3 atom stereocenters. The molecule has 1 spiro atoms. The van der Waals surface area contributed by atoms with Gasteiger partial charge in [-0.1, -0.05) is 15.9 Å². The van der Waals surface area contributed by atoms with Gasteiger partial charge < -0.3 is 10.6 Å². The lowest BCUT2D eigenvalue weighted by Crippen LogP contribution is -2.41. The van der Waals surface area contributed by atoms with Gasteiger partial charge in [-0.2, -0.15) is 0 Å². The Labute approximate surface area is 106 Å². The number of carbonyl (C=O) groups is 1. The number of hydrogen-bond acceptors (Lipinski definition) is 2. The van der Waals surface area contributed by atoms with Gasteiger partial charge in [0, 0.05) is 18.4 Å². The number of carbonyl (C=O) groups excluding carboxylic acids is 1. The van der Waals surface area contributed by atoms with Crippen molar-refractivity contribution in [2.75, 3.05) is 18.4 Å². The second-order valence-corrected chi connectivity index (χ2v) is 6.21. The second kappa shape index (κ2) is 4.65. The molecular weight excluding hydrogens is 268 g/mol. The van der Waals surface area contributed by atoms with E-state index in [1.165, 1.54) is 25.7 Å². The van der Waals surface area contributed by atoms with Crippen LogP contribution in [0.15, 0.2) is 0 Å². The molecule has 0 aromatic rings. The van der Waals surface area contributed by atoms with Crippen LogP contribution in [0, 0.1) is 11.3 Å². The molecule has 16 heavy (non-hydrogen) atoms. The molecule has 2 rings (SSSR count). The van der Waals surface area contributed by atoms with Crippen LogP contribution < -0.4 is 5.73 Å². The lowest BCUT2D eigenvalue weighted by molar-refractivity contribution is -0.131. The number of alkyl halides is 1. The van der Waals surface area contributed by atoms with E-state index in [9.17, 15) is 4.79 Å². The zero-order valence-electron chi connectivity index (χ0n) is 9.92. The quantitative estimate of drug-likeness (QED) is 0.787. The summed E-state index contributed by atoms with van der Waals surface area (Å²) in [6, 6.07) is -0.344. The molecular formula is C12H21BrN2O. The number of halogens is 1. The average molecular weight is 289 g/mol. The van der Waals surface area contributed by atoms with E-state index in [4.69, 9.17) is 5.73 Å². The molecule has 2 N–H and O–H groups in total. The molecule has 0 aromatic heterocycles. The first-order chi connectivity index (χ1) is 7.56. The Balaban J connectivity index is 1.95. The van der Waals surface area contributed by atoms with Gasteiger partial charge in [-0.05, 0) is 43.9 Å². The highest BCUT2D eigenvalue weighted by molar-refractivity contribution is 9.09. The molecule has 0 bridgehead atoms. The Morgan fingerprint density at radius 3 is 2.94 bits per heavy atom. The van der Waals surface area contributed by atoms with Crippen LogP contribution in [0.25, 0.3) is 0 Å². The van der Waals surface area contributed by atoms with Crippen LogP contribution in [0.4, 0.5) is 0 Å². The van der Waals surface area contributed by atoms with E-state index in [-0.39, 0.29) is 11.9 Å². The Bertz CT molecular complexity index is 282. The smallest absolute Gasteiger partial charge is 0.239 e. The molecule has 92 valence electrons. The molecule has 1 aliphatic heterocycles. The van der Waals surface area contributed by atoms with Gasteiger partial charge in [0.15, 0.2) is 0 Å². The van der Waals surface area contributed by atoms with E-state index in [1.54, 1.807) is 6.92 Å². The molecule has 1 heterocycles. The maximum absolute atomic E-state index is 11.8. The van der Waals surface area contributed by atoms with Crippen molar-refractivity contribution >= 4 is 21.8 Å². The van der Waals surface area contributed by atoms with Gasteiger partial charge in [0.25, 0.3) is 0 Å². The summed E-state index contributed by atoms with van der Waals surface area (Å²) >= 11 is 3.57. The Kier molecular flexibility index (Phi) is 3.59. The van der Waals surface area contributed by atoms with E-state index < -0.39 is 0 Å². The molecule has 2 fully saturated rings. The summed E-state index contributed by atoms with van der Waals surface area (Å²) in [6.07, 6.45) is 5.05. The maximum atomic E-state index is 11.8. The van der Waals surface area contributed by atoms with Crippen molar-refractivity contribution in [1.29, 1.82) is 0 Å². The summed E-state index contributed by atoms with van der Waals surface area (Å²) in [7, 11) is 0. The van der Waals surface area contributed by atoms with Gasteiger partial charge in [-0.3, -0.25) is 4.79 Å². The lowest BCUT2D eigenvalue weighted by Gasteiger charge is -2.25. The minimum absolute atomic E-state index is 0.124. The molecule has 0 radical (unpaired) electrons. The topological polar surface area (TPSA) is 46.3 Å². The normalized spacial score (nSPS) is 35.9. The Hall–Kier alpha value is -0.0900. The molecule has 0 aromatic carbocycles. The Morgan fingerprint density at radius 1 is 1.62 bits per heavy atom. The molecule has 1 saturated carbocycles. The van der Waals surface area contributed by atoms with E-state index in [0.717, 1.165) is 24.3 Å². The first-order valence-corrected chi connectivity index (χ1v) is 7.29. The molecule has 1 aliphatic carbocycles. The number of rotatable bonds is 2. The van der Waals surface area contributed by atoms with Gasteiger partial charge in [0.05, 0.1) is 6.04 Å². The molecule has 1 amide bonds. The van der Waals surface area contributed by atoms with Crippen molar-refractivity contribution in [1.82, 2.24) is 4.90 Å². The number of nitrogens with zero attached hydrogens (tertiary/aromatic N) is 1. The van der Waals surface area contributed by atoms with Crippen molar-refractivity contribution in [2.24, 2.45) is 17.1 Å². The monoisotopic (exact) mass is 288 g/mol. The van der Waals surface area contributed by atoms with Gasteiger partial charge in [-0.25, -0.2) is 0 Å². The van der Waals surface area contributed by atoms with Crippen molar-refractivity contribution < 1.29 is 4.79 Å². The highest BCUT2D eigenvalue weighted by Crippen LogP contribution is 2.48. The number of likely N-dealkylation sites (tertiary alicyclic amines) is 1. The van der Waals surface area contributed by atoms with Crippen LogP contribution in [-0.2, 0) is 4.79 Å². The van der Waals surface area contributed by atoms with E-state index in [2.05, 4.69) is 15.9 Å². The molecule has 1 saturated heterocycles. The van der Waals surface area contributed by atoms with E-state index in [1.807, 2.05) is 4.90 Å². The van der Waals surface area contributed by atoms with Crippen LogP contribution >= 0.6 is 15.9 Å². The average Bonchev–Trinajstić information content (AvgIpc) is 2.85. The van der Waals surface area contributed by atoms with E-state index >= 15 is 0 Å².